The van der Waals surface area contributed by atoms with Gasteiger partial charge in [0.25, 0.3) is 0 Å². The zero-order chi connectivity index (χ0) is 14.5. The van der Waals surface area contributed by atoms with Crippen molar-refractivity contribution in [1.29, 1.82) is 0 Å². The topological polar surface area (TPSA) is 67.6 Å². The predicted octanol–water partition coefficient (Wildman–Crippen LogP) is 2.14. The summed E-state index contributed by atoms with van der Waals surface area (Å²) in [5, 5.41) is 2.91. The van der Waals surface area contributed by atoms with Gasteiger partial charge in [0, 0.05) is 13.1 Å². The summed E-state index contributed by atoms with van der Waals surface area (Å²) in [6, 6.07) is 7.33. The zero-order valence-electron chi connectivity index (χ0n) is 12.1. The number of carbonyl (C=O) groups excluding carboxylic acids is 1. The molecule has 1 aromatic rings. The molecule has 1 aromatic carbocycles. The maximum absolute atomic E-state index is 12.3. The molecule has 20 heavy (non-hydrogen) atoms. The van der Waals surface area contributed by atoms with Crippen LogP contribution in [0.1, 0.15) is 13.3 Å². The second-order valence-corrected chi connectivity index (χ2v) is 5.34. The Morgan fingerprint density at radius 1 is 1.50 bits per heavy atom. The molecule has 2 atom stereocenters. The Balaban J connectivity index is 2.01. The van der Waals surface area contributed by atoms with Gasteiger partial charge < -0.3 is 20.7 Å². The highest BCUT2D eigenvalue weighted by atomic mass is 16.5. The number of hydrogen-bond acceptors (Lipinski definition) is 3. The van der Waals surface area contributed by atoms with Crippen molar-refractivity contribution in [3.05, 3.63) is 24.3 Å². The quantitative estimate of drug-likeness (QED) is 0.889. The molecule has 110 valence electrons. The summed E-state index contributed by atoms with van der Waals surface area (Å²) in [6.07, 6.45) is 1.00. The number of piperidine rings is 1. The Morgan fingerprint density at radius 3 is 2.95 bits per heavy atom. The highest BCUT2D eigenvalue weighted by Crippen LogP contribution is 2.26. The average Bonchev–Trinajstić information content (AvgIpc) is 2.48. The number of likely N-dealkylation sites (tertiary alicyclic amines) is 1. The lowest BCUT2D eigenvalue weighted by atomic mass is 9.87. The van der Waals surface area contributed by atoms with Crippen LogP contribution in [-0.4, -0.2) is 37.7 Å². The first-order valence-corrected chi connectivity index (χ1v) is 7.04. The van der Waals surface area contributed by atoms with Gasteiger partial charge >= 0.3 is 6.03 Å². The number of anilines is 1. The van der Waals surface area contributed by atoms with Gasteiger partial charge in [0.1, 0.15) is 5.75 Å². The van der Waals surface area contributed by atoms with E-state index in [-0.39, 0.29) is 6.03 Å². The van der Waals surface area contributed by atoms with Crippen molar-refractivity contribution in [1.82, 2.24) is 4.90 Å². The molecule has 2 amide bonds. The van der Waals surface area contributed by atoms with Crippen LogP contribution in [0.25, 0.3) is 0 Å². The summed E-state index contributed by atoms with van der Waals surface area (Å²) < 4.78 is 5.24. The molecule has 0 aromatic heterocycles. The number of nitrogens with zero attached hydrogens (tertiary/aromatic N) is 1. The first-order valence-electron chi connectivity index (χ1n) is 7.04. The number of methoxy groups -OCH3 is 1. The van der Waals surface area contributed by atoms with E-state index >= 15 is 0 Å². The fourth-order valence-corrected chi connectivity index (χ4v) is 2.58. The highest BCUT2D eigenvalue weighted by molar-refractivity contribution is 5.91. The van der Waals surface area contributed by atoms with Gasteiger partial charge in [0.15, 0.2) is 0 Å². The molecule has 1 aliphatic heterocycles. The first-order chi connectivity index (χ1) is 9.65. The average molecular weight is 277 g/mol. The van der Waals surface area contributed by atoms with E-state index in [0.717, 1.165) is 19.5 Å². The van der Waals surface area contributed by atoms with E-state index in [2.05, 4.69) is 12.2 Å². The molecule has 1 saturated heterocycles. The largest absolute Gasteiger partial charge is 0.495 e. The van der Waals surface area contributed by atoms with Crippen LogP contribution < -0.4 is 15.8 Å². The van der Waals surface area contributed by atoms with E-state index in [1.54, 1.807) is 7.11 Å². The van der Waals surface area contributed by atoms with Gasteiger partial charge in [0.2, 0.25) is 0 Å². The molecule has 2 unspecified atom stereocenters. The van der Waals surface area contributed by atoms with Crippen molar-refractivity contribution in [2.75, 3.05) is 32.1 Å². The third-order valence-corrected chi connectivity index (χ3v) is 4.05. The molecule has 3 N–H and O–H groups in total. The Kier molecular flexibility index (Phi) is 4.84. The van der Waals surface area contributed by atoms with Crippen molar-refractivity contribution in [3.8, 4) is 5.75 Å². The summed E-state index contributed by atoms with van der Waals surface area (Å²) in [4.78, 5) is 14.2. The van der Waals surface area contributed by atoms with Crippen molar-refractivity contribution in [2.24, 2.45) is 17.6 Å². The van der Waals surface area contributed by atoms with Crippen LogP contribution in [0.2, 0.25) is 0 Å². The molecule has 0 bridgehead atoms. The minimum Gasteiger partial charge on any atom is -0.495 e. The lowest BCUT2D eigenvalue weighted by molar-refractivity contribution is 0.149. The van der Waals surface area contributed by atoms with Crippen molar-refractivity contribution >= 4 is 11.7 Å². The van der Waals surface area contributed by atoms with Gasteiger partial charge in [0.05, 0.1) is 12.8 Å². The number of hydrogen-bond donors (Lipinski definition) is 2. The van der Waals surface area contributed by atoms with E-state index < -0.39 is 0 Å². The van der Waals surface area contributed by atoms with E-state index in [1.807, 2.05) is 29.2 Å². The van der Waals surface area contributed by atoms with E-state index in [9.17, 15) is 4.79 Å². The van der Waals surface area contributed by atoms with Crippen LogP contribution >= 0.6 is 0 Å². The van der Waals surface area contributed by atoms with E-state index in [1.165, 1.54) is 0 Å². The highest BCUT2D eigenvalue weighted by Gasteiger charge is 2.28. The third kappa shape index (κ3) is 3.22. The Hall–Kier alpha value is -1.75. The number of carbonyl (C=O) groups is 1. The van der Waals surface area contributed by atoms with Crippen LogP contribution in [0.3, 0.4) is 0 Å². The maximum Gasteiger partial charge on any atom is 0.321 e. The minimum absolute atomic E-state index is 0.0835. The Labute approximate surface area is 120 Å². The molecule has 5 heteroatoms. The first kappa shape index (κ1) is 14.7. The fourth-order valence-electron chi connectivity index (χ4n) is 2.58. The van der Waals surface area contributed by atoms with Crippen LogP contribution in [0.5, 0.6) is 5.75 Å². The monoisotopic (exact) mass is 277 g/mol. The van der Waals surface area contributed by atoms with Crippen LogP contribution in [0.15, 0.2) is 24.3 Å². The second-order valence-electron chi connectivity index (χ2n) is 5.34. The van der Waals surface area contributed by atoms with Crippen molar-refractivity contribution in [3.63, 3.8) is 0 Å². The number of nitrogens with two attached hydrogens (primary N) is 1. The van der Waals surface area contributed by atoms with Gasteiger partial charge in [-0.2, -0.15) is 0 Å². The van der Waals surface area contributed by atoms with Gasteiger partial charge in [-0.1, -0.05) is 19.1 Å². The summed E-state index contributed by atoms with van der Waals surface area (Å²) in [7, 11) is 1.60. The minimum atomic E-state index is -0.0835. The van der Waals surface area contributed by atoms with Crippen LogP contribution in [0.4, 0.5) is 10.5 Å². The molecule has 1 aliphatic rings. The zero-order valence-corrected chi connectivity index (χ0v) is 12.1. The van der Waals surface area contributed by atoms with E-state index in [0.29, 0.717) is 29.8 Å². The standard InChI is InChI=1S/C15H23N3O2/c1-11-7-8-18(10-12(11)9-16)15(19)17-13-5-3-4-6-14(13)20-2/h3-6,11-12H,7-10,16H2,1-2H3,(H,17,19). The number of amides is 2. The molecule has 1 heterocycles. The molecule has 2 rings (SSSR count). The number of para-hydroxylation sites is 2. The third-order valence-electron chi connectivity index (χ3n) is 4.05. The summed E-state index contributed by atoms with van der Waals surface area (Å²) in [6.45, 7) is 4.32. The SMILES string of the molecule is COc1ccccc1NC(=O)N1CCC(C)C(CN)C1. The van der Waals surface area contributed by atoms with Gasteiger partial charge in [-0.15, -0.1) is 0 Å². The number of nitrogens with one attached hydrogen (secondary N) is 1. The van der Waals surface area contributed by atoms with Crippen molar-refractivity contribution in [2.45, 2.75) is 13.3 Å². The number of rotatable bonds is 3. The second kappa shape index (κ2) is 6.61. The summed E-state index contributed by atoms with van der Waals surface area (Å²) >= 11 is 0. The number of ether oxygens (including phenoxy) is 1. The molecule has 0 saturated carbocycles. The smallest absolute Gasteiger partial charge is 0.321 e. The van der Waals surface area contributed by atoms with Gasteiger partial charge in [-0.05, 0) is 36.9 Å². The Morgan fingerprint density at radius 2 is 2.25 bits per heavy atom. The lowest BCUT2D eigenvalue weighted by Gasteiger charge is -2.36. The normalized spacial score (nSPS) is 22.4. The maximum atomic E-state index is 12.3. The molecule has 5 nitrogen and oxygen atoms in total. The fraction of sp³-hybridized carbons (Fsp3) is 0.533. The Bertz CT molecular complexity index is 464. The lowest BCUT2D eigenvalue weighted by Crippen LogP contribution is -2.47. The summed E-state index contributed by atoms with van der Waals surface area (Å²) in [5.41, 5.74) is 6.47. The molecule has 0 spiro atoms. The number of urea groups is 1. The van der Waals surface area contributed by atoms with Crippen LogP contribution in [0, 0.1) is 11.8 Å². The molecular weight excluding hydrogens is 254 g/mol. The van der Waals surface area contributed by atoms with Crippen LogP contribution in [-0.2, 0) is 0 Å². The predicted molar refractivity (Wildman–Crippen MR) is 79.9 cm³/mol. The van der Waals surface area contributed by atoms with E-state index in [4.69, 9.17) is 10.5 Å². The van der Waals surface area contributed by atoms with Gasteiger partial charge in [-0.25, -0.2) is 4.79 Å². The summed E-state index contributed by atoms with van der Waals surface area (Å²) in [5.74, 6) is 1.63. The number of benzene rings is 1. The molecule has 0 aliphatic carbocycles. The van der Waals surface area contributed by atoms with Crippen molar-refractivity contribution < 1.29 is 9.53 Å². The van der Waals surface area contributed by atoms with Gasteiger partial charge in [-0.3, -0.25) is 0 Å². The molecular formula is C15H23N3O2. The molecule has 0 radical (unpaired) electrons. The molecule has 1 fully saturated rings.